The number of ether oxygens (including phenoxy) is 1. The zero-order chi connectivity index (χ0) is 18.3. The summed E-state index contributed by atoms with van der Waals surface area (Å²) in [5.41, 5.74) is -0.432. The molecule has 1 aromatic carbocycles. The van der Waals surface area contributed by atoms with Crippen LogP contribution in [-0.4, -0.2) is 25.0 Å². The van der Waals surface area contributed by atoms with E-state index < -0.39 is 35.6 Å². The van der Waals surface area contributed by atoms with E-state index >= 15 is 0 Å². The largest absolute Gasteiger partial charge is 0.467 e. The lowest BCUT2D eigenvalue weighted by atomic mass is 9.98. The molecule has 0 unspecified atom stereocenters. The lowest BCUT2D eigenvalue weighted by Crippen LogP contribution is -2.46. The topological polar surface area (TPSA) is 79.2 Å². The first kappa shape index (κ1) is 19.5. The Morgan fingerprint density at radius 2 is 1.88 bits per heavy atom. The summed E-state index contributed by atoms with van der Waals surface area (Å²) in [6.07, 6.45) is -4.59. The van der Waals surface area contributed by atoms with E-state index in [9.17, 15) is 22.8 Å². The van der Waals surface area contributed by atoms with E-state index in [0.717, 1.165) is 19.2 Å². The fourth-order valence-electron chi connectivity index (χ4n) is 2.04. The number of nitrogens with one attached hydrogen (secondary N) is 1. The highest BCUT2D eigenvalue weighted by Gasteiger charge is 2.30. The Bertz CT molecular complexity index is 621. The second kappa shape index (κ2) is 8.34. The number of nitrogens with zero attached hydrogens (tertiary/aromatic N) is 1. The molecule has 1 amide bonds. The summed E-state index contributed by atoms with van der Waals surface area (Å²) in [6, 6.07) is 5.10. The quantitative estimate of drug-likeness (QED) is 0.806. The third-order valence-electron chi connectivity index (χ3n) is 3.40. The highest BCUT2D eigenvalue weighted by molar-refractivity contribution is 5.85. The Balaban J connectivity index is 2.75. The summed E-state index contributed by atoms with van der Waals surface area (Å²) in [7, 11) is 1.16. The van der Waals surface area contributed by atoms with Crippen LogP contribution in [0.1, 0.15) is 24.5 Å². The molecule has 0 saturated heterocycles. The van der Waals surface area contributed by atoms with E-state index in [1.807, 2.05) is 6.07 Å². The van der Waals surface area contributed by atoms with Gasteiger partial charge in [-0.1, -0.05) is 19.1 Å². The molecule has 24 heavy (non-hydrogen) atoms. The number of amides is 1. The van der Waals surface area contributed by atoms with E-state index in [0.29, 0.717) is 5.56 Å². The zero-order valence-electron chi connectivity index (χ0n) is 13.2. The molecule has 2 atom stereocenters. The summed E-state index contributed by atoms with van der Waals surface area (Å²) in [5.74, 6) is -1.69. The molecule has 5 nitrogen and oxygen atoms in total. The number of rotatable bonds is 6. The van der Waals surface area contributed by atoms with E-state index in [1.54, 1.807) is 6.92 Å². The maximum absolute atomic E-state index is 12.5. The molecule has 0 aliphatic carbocycles. The average molecular weight is 342 g/mol. The molecule has 0 radical (unpaired) electrons. The van der Waals surface area contributed by atoms with Crippen molar-refractivity contribution in [1.29, 1.82) is 5.26 Å². The fraction of sp³-hybridized carbons (Fsp3) is 0.438. The van der Waals surface area contributed by atoms with E-state index in [4.69, 9.17) is 5.26 Å². The number of carbonyl (C=O) groups is 2. The van der Waals surface area contributed by atoms with Crippen molar-refractivity contribution in [2.24, 2.45) is 5.92 Å². The van der Waals surface area contributed by atoms with Crippen LogP contribution >= 0.6 is 0 Å². The van der Waals surface area contributed by atoms with Gasteiger partial charge in [0.15, 0.2) is 0 Å². The highest BCUT2D eigenvalue weighted by Crippen LogP contribution is 2.29. The van der Waals surface area contributed by atoms with Crippen LogP contribution in [-0.2, 0) is 26.9 Å². The molecular formula is C16H17F3N2O3. The number of hydrogen-bond donors (Lipinski definition) is 1. The monoisotopic (exact) mass is 342 g/mol. The summed E-state index contributed by atoms with van der Waals surface area (Å²) < 4.78 is 42.1. The Labute approximate surface area is 137 Å². The SMILES string of the molecule is COC(=O)[C@@H](NC(=O)Cc1ccc(C(F)(F)F)cc1)[C@@H](C)CC#N. The molecule has 0 aliphatic rings. The second-order valence-electron chi connectivity index (χ2n) is 5.28. The van der Waals surface area contributed by atoms with E-state index in [-0.39, 0.29) is 12.8 Å². The zero-order valence-corrected chi connectivity index (χ0v) is 13.2. The molecular weight excluding hydrogens is 325 g/mol. The molecule has 1 aromatic rings. The smallest absolute Gasteiger partial charge is 0.416 e. The van der Waals surface area contributed by atoms with Gasteiger partial charge in [0.05, 0.1) is 25.2 Å². The Morgan fingerprint density at radius 1 is 1.29 bits per heavy atom. The van der Waals surface area contributed by atoms with E-state index in [1.165, 1.54) is 12.1 Å². The molecule has 0 heterocycles. The Kier molecular flexibility index (Phi) is 6.77. The number of esters is 1. The lowest BCUT2D eigenvalue weighted by molar-refractivity contribution is -0.146. The summed E-state index contributed by atoms with van der Waals surface area (Å²) in [4.78, 5) is 23.7. The summed E-state index contributed by atoms with van der Waals surface area (Å²) in [6.45, 7) is 1.61. The maximum Gasteiger partial charge on any atom is 0.416 e. The third kappa shape index (κ3) is 5.57. The Hall–Kier alpha value is -2.56. The minimum Gasteiger partial charge on any atom is -0.467 e. The van der Waals surface area contributed by atoms with Crippen molar-refractivity contribution < 1.29 is 27.5 Å². The highest BCUT2D eigenvalue weighted by atomic mass is 19.4. The Morgan fingerprint density at radius 3 is 2.33 bits per heavy atom. The molecule has 0 aromatic heterocycles. The van der Waals surface area contributed by atoms with Crippen LogP contribution in [0.3, 0.4) is 0 Å². The van der Waals surface area contributed by atoms with Gasteiger partial charge in [-0.15, -0.1) is 0 Å². The van der Waals surface area contributed by atoms with Crippen LogP contribution in [0.4, 0.5) is 13.2 Å². The van der Waals surface area contributed by atoms with Gasteiger partial charge in [0.1, 0.15) is 6.04 Å². The van der Waals surface area contributed by atoms with Gasteiger partial charge >= 0.3 is 12.1 Å². The normalized spacial score (nSPS) is 13.5. The van der Waals surface area contributed by atoms with Crippen LogP contribution in [0.15, 0.2) is 24.3 Å². The number of halogens is 3. The van der Waals surface area contributed by atoms with Crippen molar-refractivity contribution in [2.45, 2.75) is 32.0 Å². The average Bonchev–Trinajstić information content (AvgIpc) is 2.51. The number of nitriles is 1. The third-order valence-corrected chi connectivity index (χ3v) is 3.40. The minimum atomic E-state index is -4.44. The van der Waals surface area contributed by atoms with Gasteiger partial charge in [-0.05, 0) is 17.7 Å². The van der Waals surface area contributed by atoms with Crippen molar-refractivity contribution >= 4 is 11.9 Å². The van der Waals surface area contributed by atoms with Crippen LogP contribution < -0.4 is 5.32 Å². The van der Waals surface area contributed by atoms with Crippen LogP contribution in [0.2, 0.25) is 0 Å². The number of methoxy groups -OCH3 is 1. The summed E-state index contributed by atoms with van der Waals surface area (Å²) >= 11 is 0. The summed E-state index contributed by atoms with van der Waals surface area (Å²) in [5, 5.41) is 11.2. The van der Waals surface area contributed by atoms with Gasteiger partial charge < -0.3 is 10.1 Å². The molecule has 130 valence electrons. The van der Waals surface area contributed by atoms with Crippen molar-refractivity contribution in [2.75, 3.05) is 7.11 Å². The number of benzene rings is 1. The first-order valence-corrected chi connectivity index (χ1v) is 7.09. The van der Waals surface area contributed by atoms with Crippen LogP contribution in [0.5, 0.6) is 0 Å². The fourth-order valence-corrected chi connectivity index (χ4v) is 2.04. The number of hydrogen-bond acceptors (Lipinski definition) is 4. The lowest BCUT2D eigenvalue weighted by Gasteiger charge is -2.21. The molecule has 8 heteroatoms. The molecule has 0 aliphatic heterocycles. The molecule has 0 spiro atoms. The van der Waals surface area contributed by atoms with Gasteiger partial charge in [-0.3, -0.25) is 4.79 Å². The molecule has 0 saturated carbocycles. The number of alkyl halides is 3. The van der Waals surface area contributed by atoms with Crippen molar-refractivity contribution in [3.8, 4) is 6.07 Å². The first-order valence-electron chi connectivity index (χ1n) is 7.09. The van der Waals surface area contributed by atoms with Crippen LogP contribution in [0, 0.1) is 17.2 Å². The predicted molar refractivity (Wildman–Crippen MR) is 78.5 cm³/mol. The van der Waals surface area contributed by atoms with Gasteiger partial charge in [0, 0.05) is 12.3 Å². The molecule has 0 bridgehead atoms. The van der Waals surface area contributed by atoms with Crippen molar-refractivity contribution in [3.63, 3.8) is 0 Å². The van der Waals surface area contributed by atoms with E-state index in [2.05, 4.69) is 10.1 Å². The molecule has 1 N–H and O–H groups in total. The minimum absolute atomic E-state index is 0.0420. The number of carbonyl (C=O) groups excluding carboxylic acids is 2. The maximum atomic E-state index is 12.5. The second-order valence-corrected chi connectivity index (χ2v) is 5.28. The van der Waals surface area contributed by atoms with Crippen molar-refractivity contribution in [1.82, 2.24) is 5.32 Å². The van der Waals surface area contributed by atoms with Gasteiger partial charge in [0.25, 0.3) is 0 Å². The van der Waals surface area contributed by atoms with Gasteiger partial charge in [0.2, 0.25) is 5.91 Å². The predicted octanol–water partition coefficient (Wildman–Crippen LogP) is 2.46. The van der Waals surface area contributed by atoms with Crippen molar-refractivity contribution in [3.05, 3.63) is 35.4 Å². The van der Waals surface area contributed by atoms with Crippen LogP contribution in [0.25, 0.3) is 0 Å². The first-order chi connectivity index (χ1) is 11.2. The standard InChI is InChI=1S/C16H17F3N2O3/c1-10(7-8-20)14(15(23)24-2)21-13(22)9-11-3-5-12(6-4-11)16(17,18)19/h3-6,10,14H,7,9H2,1-2H3,(H,21,22)/t10-,14-/m0/s1. The van der Waals surface area contributed by atoms with Gasteiger partial charge in [-0.25, -0.2) is 4.79 Å². The molecule has 1 rings (SSSR count). The van der Waals surface area contributed by atoms with Gasteiger partial charge in [-0.2, -0.15) is 18.4 Å². The molecule has 0 fully saturated rings.